The number of methoxy groups -OCH3 is 2. The Morgan fingerprint density at radius 1 is 1.00 bits per heavy atom. The van der Waals surface area contributed by atoms with Crippen molar-refractivity contribution in [2.45, 2.75) is 38.6 Å². The lowest BCUT2D eigenvalue weighted by atomic mass is 10.1. The van der Waals surface area contributed by atoms with E-state index in [1.54, 1.807) is 19.1 Å². The van der Waals surface area contributed by atoms with Gasteiger partial charge in [-0.3, -0.25) is 9.69 Å². The average Bonchev–Trinajstić information content (AvgIpc) is 3.36. The Kier molecular flexibility index (Phi) is 6.83. The van der Waals surface area contributed by atoms with Gasteiger partial charge in [0.2, 0.25) is 5.91 Å². The number of amides is 3. The highest BCUT2D eigenvalue weighted by molar-refractivity contribution is 6.01. The predicted octanol–water partition coefficient (Wildman–Crippen LogP) is 4.66. The molecule has 1 saturated carbocycles. The lowest BCUT2D eigenvalue weighted by Crippen LogP contribution is -2.49. The standard InChI is InChI=1S/C25H31N3O4/c1-31-20-14-18(15-21(16-20)32-2)17-27-12-7-13-28(25(27)30)23-11-6-5-10-22(23)26-24(29)19-8-3-4-9-19/h5-6,10-11,14-16,19H,3-4,7-9,12-13,17H2,1-2H3,(H,26,29). The van der Waals surface area contributed by atoms with Crippen molar-refractivity contribution in [1.29, 1.82) is 0 Å². The second-order valence-electron chi connectivity index (χ2n) is 8.42. The van der Waals surface area contributed by atoms with Crippen LogP contribution in [-0.2, 0) is 11.3 Å². The SMILES string of the molecule is COc1cc(CN2CCCN(c3ccccc3NC(=O)C3CCCC3)C2=O)cc(OC)c1. The van der Waals surface area contributed by atoms with Crippen LogP contribution in [0.2, 0.25) is 0 Å². The molecule has 7 nitrogen and oxygen atoms in total. The van der Waals surface area contributed by atoms with E-state index < -0.39 is 0 Å². The quantitative estimate of drug-likeness (QED) is 0.684. The highest BCUT2D eigenvalue weighted by atomic mass is 16.5. The van der Waals surface area contributed by atoms with E-state index in [0.29, 0.717) is 36.8 Å². The van der Waals surface area contributed by atoms with E-state index in [2.05, 4.69) is 5.32 Å². The molecular weight excluding hydrogens is 406 g/mol. The molecule has 0 bridgehead atoms. The molecule has 170 valence electrons. The van der Waals surface area contributed by atoms with Gasteiger partial charge in [0.05, 0.1) is 25.6 Å². The van der Waals surface area contributed by atoms with Gasteiger partial charge in [-0.1, -0.05) is 25.0 Å². The average molecular weight is 438 g/mol. The van der Waals surface area contributed by atoms with Crippen molar-refractivity contribution < 1.29 is 19.1 Å². The zero-order valence-electron chi connectivity index (χ0n) is 18.8. The van der Waals surface area contributed by atoms with Crippen LogP contribution in [0.15, 0.2) is 42.5 Å². The van der Waals surface area contributed by atoms with E-state index in [4.69, 9.17) is 9.47 Å². The van der Waals surface area contributed by atoms with E-state index in [-0.39, 0.29) is 17.9 Å². The summed E-state index contributed by atoms with van der Waals surface area (Å²) >= 11 is 0. The minimum atomic E-state index is -0.0689. The van der Waals surface area contributed by atoms with Gasteiger partial charge in [-0.25, -0.2) is 4.79 Å². The number of nitrogens with one attached hydrogen (secondary N) is 1. The van der Waals surface area contributed by atoms with E-state index in [1.165, 1.54) is 0 Å². The number of urea groups is 1. The molecule has 0 radical (unpaired) electrons. The van der Waals surface area contributed by atoms with E-state index in [1.807, 2.05) is 47.4 Å². The number of hydrogen-bond acceptors (Lipinski definition) is 4. The van der Waals surface area contributed by atoms with Gasteiger partial charge in [0.15, 0.2) is 0 Å². The maximum absolute atomic E-state index is 13.4. The molecule has 2 fully saturated rings. The maximum atomic E-state index is 13.4. The number of nitrogens with zero attached hydrogens (tertiary/aromatic N) is 2. The molecule has 2 aliphatic rings. The van der Waals surface area contributed by atoms with Crippen LogP contribution in [0.25, 0.3) is 0 Å². The topological polar surface area (TPSA) is 71.1 Å². The third-order valence-electron chi connectivity index (χ3n) is 6.27. The van der Waals surface area contributed by atoms with Gasteiger partial charge in [-0.15, -0.1) is 0 Å². The monoisotopic (exact) mass is 437 g/mol. The van der Waals surface area contributed by atoms with Crippen molar-refractivity contribution in [3.05, 3.63) is 48.0 Å². The van der Waals surface area contributed by atoms with Crippen LogP contribution in [-0.4, -0.2) is 44.1 Å². The molecular formula is C25H31N3O4. The van der Waals surface area contributed by atoms with Crippen molar-refractivity contribution in [3.8, 4) is 11.5 Å². The first-order valence-corrected chi connectivity index (χ1v) is 11.3. The van der Waals surface area contributed by atoms with Crippen molar-refractivity contribution in [1.82, 2.24) is 4.90 Å². The van der Waals surface area contributed by atoms with Gasteiger partial charge in [0.1, 0.15) is 11.5 Å². The molecule has 0 aromatic heterocycles. The molecule has 0 spiro atoms. The zero-order valence-corrected chi connectivity index (χ0v) is 18.8. The molecule has 0 atom stereocenters. The Morgan fingerprint density at radius 3 is 2.38 bits per heavy atom. The van der Waals surface area contributed by atoms with Crippen molar-refractivity contribution in [2.24, 2.45) is 5.92 Å². The van der Waals surface area contributed by atoms with Crippen LogP contribution < -0.4 is 19.7 Å². The first-order chi connectivity index (χ1) is 15.6. The summed E-state index contributed by atoms with van der Waals surface area (Å²) < 4.78 is 10.7. The Morgan fingerprint density at radius 2 is 1.69 bits per heavy atom. The van der Waals surface area contributed by atoms with Gasteiger partial charge >= 0.3 is 6.03 Å². The summed E-state index contributed by atoms with van der Waals surface area (Å²) in [6.07, 6.45) is 4.93. The molecule has 2 aromatic rings. The fraction of sp³-hybridized carbons (Fsp3) is 0.440. The maximum Gasteiger partial charge on any atom is 0.324 e. The number of anilines is 2. The smallest absolute Gasteiger partial charge is 0.324 e. The van der Waals surface area contributed by atoms with E-state index in [9.17, 15) is 9.59 Å². The highest BCUT2D eigenvalue weighted by Crippen LogP contribution is 2.32. The largest absolute Gasteiger partial charge is 0.497 e. The number of benzene rings is 2. The third kappa shape index (κ3) is 4.82. The minimum absolute atomic E-state index is 0.0553. The molecule has 32 heavy (non-hydrogen) atoms. The van der Waals surface area contributed by atoms with Crippen LogP contribution in [0.5, 0.6) is 11.5 Å². The lowest BCUT2D eigenvalue weighted by molar-refractivity contribution is -0.119. The molecule has 3 amide bonds. The van der Waals surface area contributed by atoms with Gasteiger partial charge in [0, 0.05) is 31.6 Å². The molecule has 1 saturated heterocycles. The first kappa shape index (κ1) is 22.0. The predicted molar refractivity (Wildman–Crippen MR) is 124 cm³/mol. The minimum Gasteiger partial charge on any atom is -0.497 e. The molecule has 1 aliphatic heterocycles. The fourth-order valence-electron chi connectivity index (χ4n) is 4.57. The number of carbonyl (C=O) groups excluding carboxylic acids is 2. The summed E-state index contributed by atoms with van der Waals surface area (Å²) in [4.78, 5) is 29.7. The van der Waals surface area contributed by atoms with Crippen LogP contribution in [0.4, 0.5) is 16.2 Å². The second kappa shape index (κ2) is 9.94. The molecule has 1 N–H and O–H groups in total. The summed E-state index contributed by atoms with van der Waals surface area (Å²) in [6.45, 7) is 1.75. The zero-order chi connectivity index (χ0) is 22.5. The third-order valence-corrected chi connectivity index (χ3v) is 6.27. The van der Waals surface area contributed by atoms with Gasteiger partial charge in [0.25, 0.3) is 0 Å². The Bertz CT molecular complexity index is 949. The molecule has 0 unspecified atom stereocenters. The summed E-state index contributed by atoms with van der Waals surface area (Å²) in [5.74, 6) is 1.51. The van der Waals surface area contributed by atoms with Gasteiger partial charge in [-0.05, 0) is 49.1 Å². The fourth-order valence-corrected chi connectivity index (χ4v) is 4.57. The number of ether oxygens (including phenoxy) is 2. The highest BCUT2D eigenvalue weighted by Gasteiger charge is 2.30. The summed E-state index contributed by atoms with van der Waals surface area (Å²) in [5.41, 5.74) is 2.39. The Hall–Kier alpha value is -3.22. The number of hydrogen-bond donors (Lipinski definition) is 1. The summed E-state index contributed by atoms with van der Waals surface area (Å²) in [5, 5.41) is 3.08. The summed E-state index contributed by atoms with van der Waals surface area (Å²) in [6, 6.07) is 13.2. The number of rotatable bonds is 7. The Labute approximate surface area is 189 Å². The molecule has 1 heterocycles. The second-order valence-corrected chi connectivity index (χ2v) is 8.42. The van der Waals surface area contributed by atoms with Gasteiger partial charge < -0.3 is 19.7 Å². The molecule has 1 aliphatic carbocycles. The van der Waals surface area contributed by atoms with E-state index in [0.717, 1.165) is 43.4 Å². The van der Waals surface area contributed by atoms with Crippen LogP contribution in [0.1, 0.15) is 37.7 Å². The molecule has 7 heteroatoms. The Balaban J connectivity index is 1.52. The number of para-hydroxylation sites is 2. The van der Waals surface area contributed by atoms with E-state index >= 15 is 0 Å². The van der Waals surface area contributed by atoms with Crippen LogP contribution in [0.3, 0.4) is 0 Å². The normalized spacial score (nSPS) is 16.9. The van der Waals surface area contributed by atoms with Crippen molar-refractivity contribution in [3.63, 3.8) is 0 Å². The summed E-state index contributed by atoms with van der Waals surface area (Å²) in [7, 11) is 3.23. The van der Waals surface area contributed by atoms with Crippen LogP contribution >= 0.6 is 0 Å². The molecule has 4 rings (SSSR count). The van der Waals surface area contributed by atoms with Crippen molar-refractivity contribution >= 4 is 23.3 Å². The first-order valence-electron chi connectivity index (χ1n) is 11.3. The van der Waals surface area contributed by atoms with Crippen molar-refractivity contribution in [2.75, 3.05) is 37.5 Å². The van der Waals surface area contributed by atoms with Gasteiger partial charge in [-0.2, -0.15) is 0 Å². The van der Waals surface area contributed by atoms with Crippen LogP contribution in [0, 0.1) is 5.92 Å². The molecule has 2 aromatic carbocycles. The lowest BCUT2D eigenvalue weighted by Gasteiger charge is -2.36. The number of carbonyl (C=O) groups is 2.